The van der Waals surface area contributed by atoms with Gasteiger partial charge in [0.1, 0.15) is 16.7 Å². The zero-order valence-corrected chi connectivity index (χ0v) is 18.6. The van der Waals surface area contributed by atoms with Gasteiger partial charge in [-0.15, -0.1) is 5.10 Å². The summed E-state index contributed by atoms with van der Waals surface area (Å²) >= 11 is 6.57. The molecule has 2 aromatic carbocycles. The molecule has 0 bridgehead atoms. The maximum absolute atomic E-state index is 11.5. The van der Waals surface area contributed by atoms with Crippen LogP contribution in [0.3, 0.4) is 0 Å². The second-order valence-electron chi connectivity index (χ2n) is 7.42. The number of aromatic nitrogens is 2. The number of para-hydroxylation sites is 3. The van der Waals surface area contributed by atoms with E-state index in [9.17, 15) is 10.1 Å². The van der Waals surface area contributed by atoms with Crippen molar-refractivity contribution in [2.75, 3.05) is 0 Å². The van der Waals surface area contributed by atoms with Crippen molar-refractivity contribution in [3.63, 3.8) is 0 Å². The van der Waals surface area contributed by atoms with Gasteiger partial charge in [-0.2, -0.15) is 0 Å². The Labute approximate surface area is 199 Å². The van der Waals surface area contributed by atoms with Crippen LogP contribution in [0.15, 0.2) is 89.2 Å². The highest BCUT2D eigenvalue weighted by Crippen LogP contribution is 2.36. The van der Waals surface area contributed by atoms with Gasteiger partial charge in [-0.3, -0.25) is 15.1 Å². The summed E-state index contributed by atoms with van der Waals surface area (Å²) in [5, 5.41) is 18.8. The van der Waals surface area contributed by atoms with Crippen LogP contribution in [0.2, 0.25) is 5.15 Å². The van der Waals surface area contributed by atoms with E-state index in [4.69, 9.17) is 16.3 Å². The van der Waals surface area contributed by atoms with Crippen molar-refractivity contribution in [1.82, 2.24) is 15.0 Å². The number of pyridine rings is 2. The first kappa shape index (κ1) is 21.5. The molecule has 0 fully saturated rings. The van der Waals surface area contributed by atoms with Gasteiger partial charge in [-0.25, -0.2) is 15.0 Å². The molecule has 0 saturated heterocycles. The maximum atomic E-state index is 11.5. The van der Waals surface area contributed by atoms with Crippen molar-refractivity contribution in [3.8, 4) is 0 Å². The van der Waals surface area contributed by atoms with Crippen molar-refractivity contribution in [1.29, 1.82) is 0 Å². The molecule has 1 atom stereocenters. The highest BCUT2D eigenvalue weighted by Gasteiger charge is 2.34. The number of aliphatic imine (C=N–C) groups is 1. The molecule has 1 unspecified atom stereocenters. The number of hydrogen-bond acceptors (Lipinski definition) is 7. The fourth-order valence-electron chi connectivity index (χ4n) is 3.61. The first-order valence-corrected chi connectivity index (χ1v) is 10.7. The van der Waals surface area contributed by atoms with Crippen LogP contribution in [-0.4, -0.2) is 31.6 Å². The molecule has 0 amide bonds. The van der Waals surface area contributed by atoms with Crippen molar-refractivity contribution in [2.24, 2.45) is 10.1 Å². The molecule has 2 aromatic heterocycles. The third-order valence-electron chi connectivity index (χ3n) is 5.23. The molecular weight excluding hydrogens is 456 g/mol. The summed E-state index contributed by atoms with van der Waals surface area (Å²) in [6.45, 7) is 1.70. The number of fused-ring (bicyclic) bond motifs is 1. The van der Waals surface area contributed by atoms with E-state index in [1.54, 1.807) is 54.7 Å². The molecule has 1 aliphatic heterocycles. The number of rotatable bonds is 4. The zero-order valence-electron chi connectivity index (χ0n) is 17.9. The summed E-state index contributed by atoms with van der Waals surface area (Å²) in [5.41, 5.74) is 2.15. The Balaban J connectivity index is 1.61. The number of ether oxygens (including phenoxy) is 1. The van der Waals surface area contributed by atoms with E-state index in [-0.39, 0.29) is 16.5 Å². The van der Waals surface area contributed by atoms with E-state index in [0.29, 0.717) is 22.9 Å². The second-order valence-corrected chi connectivity index (χ2v) is 7.78. The second kappa shape index (κ2) is 8.87. The average molecular weight is 473 g/mol. The van der Waals surface area contributed by atoms with Crippen LogP contribution in [0.5, 0.6) is 0 Å². The van der Waals surface area contributed by atoms with Crippen LogP contribution in [0, 0.1) is 10.1 Å². The molecule has 1 aliphatic rings. The van der Waals surface area contributed by atoms with Crippen LogP contribution in [0.1, 0.15) is 24.3 Å². The molecule has 3 heterocycles. The SMILES string of the molecule is CC(=Nc1ccccc1[N+](=O)[O-])N1N=C(c2ccncc2)OC1c1cc2ccccc2nc1Cl. The quantitative estimate of drug-likeness (QED) is 0.125. The van der Waals surface area contributed by atoms with Crippen molar-refractivity contribution < 1.29 is 9.66 Å². The Hall–Kier alpha value is -4.37. The normalized spacial score (nSPS) is 15.8. The van der Waals surface area contributed by atoms with Crippen molar-refractivity contribution in [3.05, 3.63) is 106 Å². The van der Waals surface area contributed by atoms with Gasteiger partial charge in [0, 0.05) is 29.4 Å². The van der Waals surface area contributed by atoms with E-state index in [0.717, 1.165) is 10.9 Å². The van der Waals surface area contributed by atoms with E-state index in [1.165, 1.54) is 6.07 Å². The highest BCUT2D eigenvalue weighted by molar-refractivity contribution is 6.30. The lowest BCUT2D eigenvalue weighted by Gasteiger charge is -2.22. The summed E-state index contributed by atoms with van der Waals surface area (Å²) in [4.78, 5) is 24.0. The van der Waals surface area contributed by atoms with E-state index in [2.05, 4.69) is 20.1 Å². The van der Waals surface area contributed by atoms with Crippen molar-refractivity contribution >= 4 is 45.6 Å². The van der Waals surface area contributed by atoms with Gasteiger partial charge in [-0.1, -0.05) is 41.9 Å². The minimum Gasteiger partial charge on any atom is -0.446 e. The Bertz CT molecular complexity index is 1460. The molecule has 5 rings (SSSR count). The smallest absolute Gasteiger partial charge is 0.294 e. The molecule has 0 radical (unpaired) electrons. The topological polar surface area (TPSA) is 106 Å². The Morgan fingerprint density at radius 3 is 2.65 bits per heavy atom. The average Bonchev–Trinajstić information content (AvgIpc) is 3.30. The first-order chi connectivity index (χ1) is 16.5. The third kappa shape index (κ3) is 4.04. The van der Waals surface area contributed by atoms with Crippen LogP contribution in [0.4, 0.5) is 11.4 Å². The molecule has 0 spiro atoms. The molecule has 0 saturated carbocycles. The molecule has 168 valence electrons. The minimum absolute atomic E-state index is 0.109. The number of nitrogens with zero attached hydrogens (tertiary/aromatic N) is 6. The Morgan fingerprint density at radius 2 is 1.85 bits per heavy atom. The van der Waals surface area contributed by atoms with Gasteiger partial charge in [-0.05, 0) is 37.3 Å². The van der Waals surface area contributed by atoms with Gasteiger partial charge in [0.05, 0.1) is 16.0 Å². The summed E-state index contributed by atoms with van der Waals surface area (Å²) in [6, 6.07) is 19.3. The van der Waals surface area contributed by atoms with Gasteiger partial charge >= 0.3 is 0 Å². The van der Waals surface area contributed by atoms with E-state index >= 15 is 0 Å². The van der Waals surface area contributed by atoms with Gasteiger partial charge in [0.15, 0.2) is 0 Å². The number of hydrogen-bond donors (Lipinski definition) is 0. The predicted octanol–water partition coefficient (Wildman–Crippen LogP) is 5.63. The van der Waals surface area contributed by atoms with Crippen LogP contribution in [-0.2, 0) is 4.74 Å². The van der Waals surface area contributed by atoms with Crippen LogP contribution >= 0.6 is 11.6 Å². The largest absolute Gasteiger partial charge is 0.446 e. The molecule has 34 heavy (non-hydrogen) atoms. The lowest BCUT2D eigenvalue weighted by Crippen LogP contribution is -2.26. The monoisotopic (exact) mass is 472 g/mol. The standard InChI is InChI=1S/C24H17ClN6O3/c1-15(27-20-8-4-5-9-21(20)31(32)33)30-24(34-23(29-30)16-10-12-26-13-11-16)18-14-17-6-2-3-7-19(17)28-22(18)25/h2-14,24H,1H3. The molecule has 4 aromatic rings. The number of hydrazone groups is 1. The Morgan fingerprint density at radius 1 is 1.12 bits per heavy atom. The Kier molecular flexibility index (Phi) is 5.60. The molecule has 10 heteroatoms. The zero-order chi connectivity index (χ0) is 23.7. The summed E-state index contributed by atoms with van der Waals surface area (Å²) in [5.74, 6) is 0.723. The molecule has 0 N–H and O–H groups in total. The first-order valence-electron chi connectivity index (χ1n) is 10.3. The predicted molar refractivity (Wildman–Crippen MR) is 129 cm³/mol. The number of nitro benzene ring substituents is 1. The fraction of sp³-hybridized carbons (Fsp3) is 0.0833. The van der Waals surface area contributed by atoms with Gasteiger partial charge in [0.25, 0.3) is 5.69 Å². The number of nitro groups is 1. The lowest BCUT2D eigenvalue weighted by molar-refractivity contribution is -0.384. The van der Waals surface area contributed by atoms with Crippen LogP contribution in [0.25, 0.3) is 10.9 Å². The van der Waals surface area contributed by atoms with E-state index < -0.39 is 11.2 Å². The van der Waals surface area contributed by atoms with E-state index in [1.807, 2.05) is 30.3 Å². The number of halogens is 1. The van der Waals surface area contributed by atoms with Crippen LogP contribution < -0.4 is 0 Å². The number of benzene rings is 2. The fourth-order valence-corrected chi connectivity index (χ4v) is 3.85. The maximum Gasteiger partial charge on any atom is 0.294 e. The summed E-state index contributed by atoms with van der Waals surface area (Å²) in [6.07, 6.45) is 2.49. The summed E-state index contributed by atoms with van der Waals surface area (Å²) < 4.78 is 6.22. The van der Waals surface area contributed by atoms with Gasteiger partial charge < -0.3 is 4.74 Å². The lowest BCUT2D eigenvalue weighted by atomic mass is 10.1. The third-order valence-corrected chi connectivity index (χ3v) is 5.54. The van der Waals surface area contributed by atoms with Gasteiger partial charge in [0.2, 0.25) is 12.1 Å². The molecular formula is C24H17ClN6O3. The summed E-state index contributed by atoms with van der Waals surface area (Å²) in [7, 11) is 0. The highest BCUT2D eigenvalue weighted by atomic mass is 35.5. The minimum atomic E-state index is -0.778. The number of amidine groups is 1. The molecule has 0 aliphatic carbocycles. The van der Waals surface area contributed by atoms with Crippen molar-refractivity contribution in [2.45, 2.75) is 13.2 Å². The molecule has 9 nitrogen and oxygen atoms in total.